The molecule has 0 unspecified atom stereocenters. The van der Waals surface area contributed by atoms with E-state index in [1.165, 1.54) is 13.3 Å². The first kappa shape index (κ1) is 17.1. The maximum atomic E-state index is 11.3. The number of hydrogen-bond acceptors (Lipinski definition) is 6. The predicted molar refractivity (Wildman–Crippen MR) is 80.7 cm³/mol. The van der Waals surface area contributed by atoms with Crippen LogP contribution in [0.1, 0.15) is 10.5 Å². The molecule has 1 heterocycles. The molecule has 20 heavy (non-hydrogen) atoms. The van der Waals surface area contributed by atoms with E-state index >= 15 is 0 Å². The van der Waals surface area contributed by atoms with Crippen LogP contribution in [0.5, 0.6) is 5.88 Å². The second kappa shape index (κ2) is 7.70. The number of rotatable bonds is 7. The molecule has 8 heteroatoms. The molecular formula is C12H19BrN2O4Si. The Labute approximate surface area is 128 Å². The van der Waals surface area contributed by atoms with Gasteiger partial charge in [-0.05, 0) is 22.0 Å². The number of nitrogens with zero attached hydrogens (tertiary/aromatic N) is 2. The summed E-state index contributed by atoms with van der Waals surface area (Å²) in [6.45, 7) is 7.62. The van der Waals surface area contributed by atoms with E-state index in [1.54, 1.807) is 0 Å². The highest BCUT2D eigenvalue weighted by Gasteiger charge is 2.14. The van der Waals surface area contributed by atoms with Crippen molar-refractivity contribution in [2.75, 3.05) is 20.5 Å². The van der Waals surface area contributed by atoms with E-state index in [4.69, 9.17) is 9.47 Å². The fourth-order valence-corrected chi connectivity index (χ4v) is 2.35. The van der Waals surface area contributed by atoms with Crippen molar-refractivity contribution < 1.29 is 19.0 Å². The Morgan fingerprint density at radius 1 is 1.40 bits per heavy atom. The van der Waals surface area contributed by atoms with Gasteiger partial charge in [0.1, 0.15) is 0 Å². The van der Waals surface area contributed by atoms with Crippen molar-refractivity contribution in [3.05, 3.63) is 16.5 Å². The number of carbonyl (C=O) groups excluding carboxylic acids is 1. The molecule has 0 bridgehead atoms. The second-order valence-electron chi connectivity index (χ2n) is 5.32. The number of ether oxygens (including phenoxy) is 3. The lowest BCUT2D eigenvalue weighted by Gasteiger charge is -2.15. The maximum Gasteiger partial charge on any atom is 0.358 e. The van der Waals surface area contributed by atoms with Gasteiger partial charge in [0.05, 0.1) is 13.3 Å². The molecule has 1 aromatic rings. The number of methoxy groups -OCH3 is 1. The zero-order valence-electron chi connectivity index (χ0n) is 12.1. The van der Waals surface area contributed by atoms with Crippen LogP contribution < -0.4 is 4.74 Å². The zero-order chi connectivity index (χ0) is 15.2. The number of halogens is 1. The Bertz CT molecular complexity index is 465. The molecule has 1 aromatic heterocycles. The van der Waals surface area contributed by atoms with E-state index in [-0.39, 0.29) is 18.4 Å². The van der Waals surface area contributed by atoms with Crippen molar-refractivity contribution in [1.29, 1.82) is 0 Å². The van der Waals surface area contributed by atoms with E-state index in [9.17, 15) is 4.79 Å². The van der Waals surface area contributed by atoms with Gasteiger partial charge < -0.3 is 14.2 Å². The third-order valence-electron chi connectivity index (χ3n) is 2.37. The lowest BCUT2D eigenvalue weighted by molar-refractivity contribution is 0.0184. The van der Waals surface area contributed by atoms with Crippen LogP contribution in [-0.2, 0) is 9.47 Å². The number of esters is 1. The van der Waals surface area contributed by atoms with Crippen molar-refractivity contribution in [3.63, 3.8) is 0 Å². The average molecular weight is 363 g/mol. The molecule has 0 aromatic carbocycles. The van der Waals surface area contributed by atoms with Gasteiger partial charge in [-0.25, -0.2) is 14.8 Å². The Kier molecular flexibility index (Phi) is 6.57. The molecule has 0 aliphatic carbocycles. The van der Waals surface area contributed by atoms with Crippen LogP contribution in [0.2, 0.25) is 25.7 Å². The number of aromatic nitrogens is 2. The second-order valence-corrected chi connectivity index (χ2v) is 11.7. The van der Waals surface area contributed by atoms with Crippen molar-refractivity contribution in [1.82, 2.24) is 9.97 Å². The minimum atomic E-state index is -1.09. The molecule has 0 amide bonds. The summed E-state index contributed by atoms with van der Waals surface area (Å²) in [5.41, 5.74) is 0.117. The summed E-state index contributed by atoms with van der Waals surface area (Å²) in [6.07, 6.45) is 1.30. The molecule has 0 N–H and O–H groups in total. The lowest BCUT2D eigenvalue weighted by atomic mass is 10.4. The van der Waals surface area contributed by atoms with Crippen LogP contribution in [0.15, 0.2) is 10.8 Å². The van der Waals surface area contributed by atoms with Crippen molar-refractivity contribution in [3.8, 4) is 5.88 Å². The Hall–Kier alpha value is -0.993. The topological polar surface area (TPSA) is 70.5 Å². The van der Waals surface area contributed by atoms with Gasteiger partial charge >= 0.3 is 5.97 Å². The summed E-state index contributed by atoms with van der Waals surface area (Å²) in [7, 11) is 0.196. The molecule has 0 saturated carbocycles. The van der Waals surface area contributed by atoms with Crippen molar-refractivity contribution >= 4 is 30.0 Å². The molecule has 6 nitrogen and oxygen atoms in total. The van der Waals surface area contributed by atoms with Gasteiger partial charge in [-0.2, -0.15) is 0 Å². The van der Waals surface area contributed by atoms with Gasteiger partial charge in [-0.3, -0.25) is 0 Å². The van der Waals surface area contributed by atoms with Gasteiger partial charge in [0.15, 0.2) is 17.1 Å². The lowest BCUT2D eigenvalue weighted by Crippen LogP contribution is -2.22. The minimum Gasteiger partial charge on any atom is -0.464 e. The first-order chi connectivity index (χ1) is 9.33. The van der Waals surface area contributed by atoms with Crippen molar-refractivity contribution in [2.24, 2.45) is 0 Å². The van der Waals surface area contributed by atoms with Gasteiger partial charge in [0.25, 0.3) is 0 Å². The van der Waals surface area contributed by atoms with E-state index in [0.29, 0.717) is 11.2 Å². The average Bonchev–Trinajstić information content (AvgIpc) is 2.37. The van der Waals surface area contributed by atoms with Crippen LogP contribution in [0, 0.1) is 0 Å². The molecular weight excluding hydrogens is 344 g/mol. The molecule has 112 valence electrons. The highest BCUT2D eigenvalue weighted by Crippen LogP contribution is 2.19. The summed E-state index contributed by atoms with van der Waals surface area (Å²) in [5, 5.41) is 0. The highest BCUT2D eigenvalue weighted by molar-refractivity contribution is 9.10. The first-order valence-corrected chi connectivity index (χ1v) is 10.6. The molecule has 0 fully saturated rings. The van der Waals surface area contributed by atoms with Gasteiger partial charge in [0.2, 0.25) is 5.88 Å². The first-order valence-electron chi connectivity index (χ1n) is 6.15. The van der Waals surface area contributed by atoms with Crippen LogP contribution in [-0.4, -0.2) is 44.5 Å². The molecule has 1 rings (SSSR count). The third kappa shape index (κ3) is 5.97. The largest absolute Gasteiger partial charge is 0.464 e. The Morgan fingerprint density at radius 2 is 2.10 bits per heavy atom. The number of hydrogen-bond donors (Lipinski definition) is 0. The third-order valence-corrected chi connectivity index (χ3v) is 4.59. The van der Waals surface area contributed by atoms with Gasteiger partial charge in [-0.15, -0.1) is 0 Å². The van der Waals surface area contributed by atoms with Crippen LogP contribution in [0.25, 0.3) is 0 Å². The van der Waals surface area contributed by atoms with E-state index in [0.717, 1.165) is 6.04 Å². The molecule has 0 aliphatic rings. The van der Waals surface area contributed by atoms with E-state index in [1.807, 2.05) is 0 Å². The van der Waals surface area contributed by atoms with Crippen molar-refractivity contribution in [2.45, 2.75) is 25.7 Å². The van der Waals surface area contributed by atoms with E-state index < -0.39 is 14.0 Å². The summed E-state index contributed by atoms with van der Waals surface area (Å²) < 4.78 is 15.6. The SMILES string of the molecule is COC(=O)c1cnc(OCOCC[Si](C)(C)C)c(Br)n1. The fourth-order valence-electron chi connectivity index (χ4n) is 1.19. The number of carbonyl (C=O) groups is 1. The summed E-state index contributed by atoms with van der Waals surface area (Å²) in [6, 6.07) is 1.07. The molecule has 0 saturated heterocycles. The smallest absolute Gasteiger partial charge is 0.358 e. The normalized spacial score (nSPS) is 11.2. The Balaban J connectivity index is 2.43. The summed E-state index contributed by atoms with van der Waals surface area (Å²) >= 11 is 3.19. The summed E-state index contributed by atoms with van der Waals surface area (Å²) in [4.78, 5) is 19.2. The predicted octanol–water partition coefficient (Wildman–Crippen LogP) is 2.72. The fraction of sp³-hybridized carbons (Fsp3) is 0.583. The molecule has 0 radical (unpaired) electrons. The zero-order valence-corrected chi connectivity index (χ0v) is 14.7. The van der Waals surface area contributed by atoms with E-state index in [2.05, 4.69) is 50.3 Å². The highest BCUT2D eigenvalue weighted by atomic mass is 79.9. The molecule has 0 atom stereocenters. The maximum absolute atomic E-state index is 11.3. The standard InChI is InChI=1S/C12H19BrN2O4Si/c1-17-12(16)9-7-14-11(10(13)15-9)19-8-18-5-6-20(2,3)4/h7H,5-6,8H2,1-4H3. The monoisotopic (exact) mass is 362 g/mol. The minimum absolute atomic E-state index is 0.106. The Morgan fingerprint density at radius 3 is 2.65 bits per heavy atom. The van der Waals surface area contributed by atoms with Gasteiger partial charge in [0, 0.05) is 14.7 Å². The molecule has 0 aliphatic heterocycles. The molecule has 0 spiro atoms. The quantitative estimate of drug-likeness (QED) is 0.321. The van der Waals surface area contributed by atoms with Crippen LogP contribution in [0.3, 0.4) is 0 Å². The van der Waals surface area contributed by atoms with Crippen LogP contribution in [0.4, 0.5) is 0 Å². The van der Waals surface area contributed by atoms with Crippen LogP contribution >= 0.6 is 15.9 Å². The van der Waals surface area contributed by atoms with Gasteiger partial charge in [-0.1, -0.05) is 19.6 Å². The summed E-state index contributed by atoms with van der Waals surface area (Å²) in [5.74, 6) is -0.262.